The summed E-state index contributed by atoms with van der Waals surface area (Å²) in [6.07, 6.45) is 2.21. The summed E-state index contributed by atoms with van der Waals surface area (Å²) in [6, 6.07) is 18.9. The van der Waals surface area contributed by atoms with E-state index in [0.717, 1.165) is 11.3 Å². The summed E-state index contributed by atoms with van der Waals surface area (Å²) in [4.78, 5) is 4.55. The number of nitrogens with zero attached hydrogens (tertiary/aromatic N) is 1. The van der Waals surface area contributed by atoms with Crippen molar-refractivity contribution in [3.63, 3.8) is 0 Å². The second-order valence-corrected chi connectivity index (χ2v) is 5.38. The minimum atomic E-state index is 0.491. The van der Waals surface area contributed by atoms with Crippen LogP contribution in [0.4, 0.5) is 0 Å². The smallest absolute Gasteiger partial charge is 0.0721 e. The molecule has 0 aliphatic rings. The minimum Gasteiger partial charge on any atom is -0.287 e. The van der Waals surface area contributed by atoms with Crippen molar-refractivity contribution in [2.45, 2.75) is 20.8 Å². The summed E-state index contributed by atoms with van der Waals surface area (Å²) in [7, 11) is 1.86. The first kappa shape index (κ1) is 15.2. The molecule has 2 aromatic rings. The van der Waals surface area contributed by atoms with E-state index < -0.39 is 0 Å². The van der Waals surface area contributed by atoms with E-state index in [1.807, 2.05) is 13.1 Å². The largest absolute Gasteiger partial charge is 0.287 e. The van der Waals surface area contributed by atoms with Gasteiger partial charge in [-0.1, -0.05) is 74.5 Å². The highest BCUT2D eigenvalue weighted by Crippen LogP contribution is 2.28. The predicted octanol–water partition coefficient (Wildman–Crippen LogP) is 5.21. The number of benzene rings is 2. The van der Waals surface area contributed by atoms with E-state index in [-0.39, 0.29) is 0 Å². The maximum atomic E-state index is 4.55. The van der Waals surface area contributed by atoms with Crippen LogP contribution in [0.1, 0.15) is 37.5 Å². The number of hydrogen-bond donors (Lipinski definition) is 0. The van der Waals surface area contributed by atoms with Gasteiger partial charge >= 0.3 is 0 Å². The van der Waals surface area contributed by atoms with Gasteiger partial charge in [0.05, 0.1) is 5.71 Å². The van der Waals surface area contributed by atoms with Gasteiger partial charge < -0.3 is 0 Å². The Morgan fingerprint density at radius 3 is 2.00 bits per heavy atom. The Labute approximate surface area is 128 Å². The van der Waals surface area contributed by atoms with Crippen LogP contribution in [0.5, 0.6) is 0 Å². The number of hydrogen-bond acceptors (Lipinski definition) is 1. The van der Waals surface area contributed by atoms with E-state index in [1.165, 1.54) is 16.7 Å². The Bertz CT molecular complexity index is 649. The standard InChI is InChI=1S/C20H23N/c1-5-17(15(2)3)18-13-9-10-14-19(18)20(21-4)16-11-7-6-8-12-16/h5-15H,1-4H3/b17-5-,21-20?. The van der Waals surface area contributed by atoms with Crippen LogP contribution in [0.2, 0.25) is 0 Å². The van der Waals surface area contributed by atoms with E-state index in [0.29, 0.717) is 5.92 Å². The third-order valence-electron chi connectivity index (χ3n) is 3.70. The molecule has 2 aromatic carbocycles. The van der Waals surface area contributed by atoms with Gasteiger partial charge in [0.1, 0.15) is 0 Å². The normalized spacial score (nSPS) is 12.8. The van der Waals surface area contributed by atoms with Crippen molar-refractivity contribution in [3.8, 4) is 0 Å². The lowest BCUT2D eigenvalue weighted by Crippen LogP contribution is -2.08. The summed E-state index contributed by atoms with van der Waals surface area (Å²) in [5.41, 5.74) is 6.05. The highest BCUT2D eigenvalue weighted by Gasteiger charge is 2.14. The highest BCUT2D eigenvalue weighted by atomic mass is 14.7. The summed E-state index contributed by atoms with van der Waals surface area (Å²) in [6.45, 7) is 6.58. The molecule has 0 spiro atoms. The van der Waals surface area contributed by atoms with Gasteiger partial charge in [0.2, 0.25) is 0 Å². The van der Waals surface area contributed by atoms with Crippen LogP contribution in [-0.4, -0.2) is 12.8 Å². The van der Waals surface area contributed by atoms with Gasteiger partial charge in [-0.25, -0.2) is 0 Å². The van der Waals surface area contributed by atoms with Gasteiger partial charge in [0, 0.05) is 18.2 Å². The van der Waals surface area contributed by atoms with Gasteiger partial charge in [-0.05, 0) is 24.0 Å². The van der Waals surface area contributed by atoms with Crippen LogP contribution in [0, 0.1) is 5.92 Å². The topological polar surface area (TPSA) is 12.4 Å². The summed E-state index contributed by atoms with van der Waals surface area (Å²) in [5.74, 6) is 0.491. The van der Waals surface area contributed by atoms with Crippen molar-refractivity contribution in [1.29, 1.82) is 0 Å². The SMILES string of the molecule is C/C=C(\c1ccccc1C(=NC)c1ccccc1)C(C)C. The summed E-state index contributed by atoms with van der Waals surface area (Å²) < 4.78 is 0. The summed E-state index contributed by atoms with van der Waals surface area (Å²) >= 11 is 0. The monoisotopic (exact) mass is 277 g/mol. The fourth-order valence-corrected chi connectivity index (χ4v) is 2.74. The first-order valence-electron chi connectivity index (χ1n) is 7.47. The van der Waals surface area contributed by atoms with Gasteiger partial charge in [0.25, 0.3) is 0 Å². The lowest BCUT2D eigenvalue weighted by molar-refractivity contribution is 0.853. The quantitative estimate of drug-likeness (QED) is 0.680. The third kappa shape index (κ3) is 3.30. The van der Waals surface area contributed by atoms with Crippen molar-refractivity contribution < 1.29 is 0 Å². The average molecular weight is 277 g/mol. The van der Waals surface area contributed by atoms with Crippen LogP contribution >= 0.6 is 0 Å². The third-order valence-corrected chi connectivity index (χ3v) is 3.70. The molecule has 108 valence electrons. The Hall–Kier alpha value is -2.15. The molecular formula is C20H23N. The van der Waals surface area contributed by atoms with E-state index in [4.69, 9.17) is 0 Å². The van der Waals surface area contributed by atoms with Gasteiger partial charge in [-0.2, -0.15) is 0 Å². The molecule has 2 rings (SSSR count). The fourth-order valence-electron chi connectivity index (χ4n) is 2.74. The second-order valence-electron chi connectivity index (χ2n) is 5.38. The van der Waals surface area contributed by atoms with E-state index >= 15 is 0 Å². The Kier molecular flexibility index (Phi) is 5.10. The molecule has 0 aromatic heterocycles. The van der Waals surface area contributed by atoms with Crippen molar-refractivity contribution in [1.82, 2.24) is 0 Å². The van der Waals surface area contributed by atoms with Crippen LogP contribution in [0.3, 0.4) is 0 Å². The Balaban J connectivity index is 2.59. The zero-order valence-corrected chi connectivity index (χ0v) is 13.3. The van der Waals surface area contributed by atoms with Crippen LogP contribution < -0.4 is 0 Å². The molecule has 0 radical (unpaired) electrons. The maximum absolute atomic E-state index is 4.55. The molecule has 0 N–H and O–H groups in total. The maximum Gasteiger partial charge on any atom is 0.0721 e. The number of rotatable bonds is 4. The molecule has 0 saturated heterocycles. The summed E-state index contributed by atoms with van der Waals surface area (Å²) in [5, 5.41) is 0. The predicted molar refractivity (Wildman–Crippen MR) is 92.9 cm³/mol. The molecule has 0 aliphatic heterocycles. The highest BCUT2D eigenvalue weighted by molar-refractivity contribution is 6.15. The van der Waals surface area contributed by atoms with Crippen molar-refractivity contribution in [2.75, 3.05) is 7.05 Å². The molecule has 1 heteroatoms. The molecule has 0 fully saturated rings. The second kappa shape index (κ2) is 7.03. The zero-order chi connectivity index (χ0) is 15.2. The van der Waals surface area contributed by atoms with E-state index in [1.54, 1.807) is 0 Å². The average Bonchev–Trinajstić information content (AvgIpc) is 2.51. The molecular weight excluding hydrogens is 254 g/mol. The van der Waals surface area contributed by atoms with Gasteiger partial charge in [-0.15, -0.1) is 0 Å². The zero-order valence-electron chi connectivity index (χ0n) is 13.3. The van der Waals surface area contributed by atoms with Crippen molar-refractivity contribution in [3.05, 3.63) is 77.4 Å². The molecule has 0 unspecified atom stereocenters. The van der Waals surface area contributed by atoms with Gasteiger partial charge in [-0.3, -0.25) is 4.99 Å². The van der Waals surface area contributed by atoms with Gasteiger partial charge in [0.15, 0.2) is 0 Å². The van der Waals surface area contributed by atoms with Crippen molar-refractivity contribution in [2.24, 2.45) is 10.9 Å². The Morgan fingerprint density at radius 1 is 0.905 bits per heavy atom. The first-order valence-corrected chi connectivity index (χ1v) is 7.47. The number of allylic oxidation sites excluding steroid dienone is 2. The van der Waals surface area contributed by atoms with Crippen LogP contribution in [-0.2, 0) is 0 Å². The lowest BCUT2D eigenvalue weighted by atomic mass is 9.88. The first-order chi connectivity index (χ1) is 10.2. The molecule has 0 amide bonds. The fraction of sp³-hybridized carbons (Fsp3) is 0.250. The molecule has 21 heavy (non-hydrogen) atoms. The molecule has 0 atom stereocenters. The van der Waals surface area contributed by atoms with Crippen LogP contribution in [0.15, 0.2) is 65.7 Å². The molecule has 0 aliphatic carbocycles. The minimum absolute atomic E-state index is 0.491. The molecule has 0 saturated carbocycles. The Morgan fingerprint density at radius 2 is 1.48 bits per heavy atom. The van der Waals surface area contributed by atoms with Crippen molar-refractivity contribution >= 4 is 11.3 Å². The molecule has 1 nitrogen and oxygen atoms in total. The van der Waals surface area contributed by atoms with E-state index in [2.05, 4.69) is 80.4 Å². The molecule has 0 bridgehead atoms. The van der Waals surface area contributed by atoms with Crippen LogP contribution in [0.25, 0.3) is 5.57 Å². The number of aliphatic imine (C=N–C) groups is 1. The van der Waals surface area contributed by atoms with E-state index in [9.17, 15) is 0 Å². The molecule has 0 heterocycles. The lowest BCUT2D eigenvalue weighted by Gasteiger charge is -2.17.